The molecule has 0 radical (unpaired) electrons. The van der Waals surface area contributed by atoms with Crippen molar-refractivity contribution in [3.05, 3.63) is 24.2 Å². The predicted octanol–water partition coefficient (Wildman–Crippen LogP) is 1.21. The molecule has 0 aliphatic carbocycles. The van der Waals surface area contributed by atoms with Crippen LogP contribution in [0.2, 0.25) is 0 Å². The summed E-state index contributed by atoms with van der Waals surface area (Å²) >= 11 is 4.82. The molecule has 0 saturated heterocycles. The van der Waals surface area contributed by atoms with Gasteiger partial charge in [0.2, 0.25) is 5.91 Å². The Kier molecular flexibility index (Phi) is 3.47. The first kappa shape index (κ1) is 11.7. The van der Waals surface area contributed by atoms with E-state index in [-0.39, 0.29) is 10.9 Å². The first-order valence-corrected chi connectivity index (χ1v) is 4.94. The lowest BCUT2D eigenvalue weighted by Gasteiger charge is -2.21. The molecule has 82 valence electrons. The van der Waals surface area contributed by atoms with Crippen molar-refractivity contribution in [1.82, 2.24) is 5.32 Å². The highest BCUT2D eigenvalue weighted by Crippen LogP contribution is 2.15. The van der Waals surface area contributed by atoms with Gasteiger partial charge in [-0.15, -0.1) is 0 Å². The summed E-state index contributed by atoms with van der Waals surface area (Å²) in [6.07, 6.45) is 3.13. The van der Waals surface area contributed by atoms with Crippen LogP contribution < -0.4 is 11.1 Å². The highest BCUT2D eigenvalue weighted by molar-refractivity contribution is 7.80. The molecule has 0 spiro atoms. The van der Waals surface area contributed by atoms with E-state index in [1.54, 1.807) is 32.4 Å². The summed E-state index contributed by atoms with van der Waals surface area (Å²) in [6.45, 7) is 3.81. The van der Waals surface area contributed by atoms with Crippen LogP contribution >= 0.6 is 12.2 Å². The smallest absolute Gasteiger partial charge is 0.232 e. The zero-order chi connectivity index (χ0) is 11.5. The second-order valence-corrected chi connectivity index (χ2v) is 4.24. The molecule has 0 atom stereocenters. The lowest BCUT2D eigenvalue weighted by molar-refractivity contribution is -0.126. The number of rotatable bonds is 4. The van der Waals surface area contributed by atoms with E-state index in [0.29, 0.717) is 6.54 Å². The molecule has 0 saturated carbocycles. The topological polar surface area (TPSA) is 68.3 Å². The largest absolute Gasteiger partial charge is 0.472 e. The van der Waals surface area contributed by atoms with Gasteiger partial charge in [-0.05, 0) is 19.9 Å². The summed E-state index contributed by atoms with van der Waals surface area (Å²) in [5.74, 6) is -0.184. The molecule has 3 N–H and O–H groups in total. The predicted molar refractivity (Wildman–Crippen MR) is 61.1 cm³/mol. The normalized spacial score (nSPS) is 11.1. The van der Waals surface area contributed by atoms with Crippen molar-refractivity contribution in [2.24, 2.45) is 11.1 Å². The van der Waals surface area contributed by atoms with Crippen molar-refractivity contribution in [1.29, 1.82) is 0 Å². The zero-order valence-electron chi connectivity index (χ0n) is 8.74. The van der Waals surface area contributed by atoms with E-state index in [2.05, 4.69) is 5.32 Å². The number of thiocarbonyl (C=S) groups is 1. The number of carbonyl (C=O) groups is 1. The highest BCUT2D eigenvalue weighted by Gasteiger charge is 2.30. The van der Waals surface area contributed by atoms with Crippen LogP contribution in [-0.2, 0) is 11.3 Å². The molecule has 1 aromatic rings. The van der Waals surface area contributed by atoms with E-state index in [1.807, 2.05) is 0 Å². The second-order valence-electron chi connectivity index (χ2n) is 3.80. The van der Waals surface area contributed by atoms with Crippen LogP contribution in [0.4, 0.5) is 0 Å². The fourth-order valence-electron chi connectivity index (χ4n) is 0.908. The third kappa shape index (κ3) is 2.79. The lowest BCUT2D eigenvalue weighted by atomic mass is 9.92. The van der Waals surface area contributed by atoms with Crippen molar-refractivity contribution in [3.8, 4) is 0 Å². The molecular formula is C10H14N2O2S. The van der Waals surface area contributed by atoms with Gasteiger partial charge in [0.25, 0.3) is 0 Å². The zero-order valence-corrected chi connectivity index (χ0v) is 9.56. The number of hydrogen-bond donors (Lipinski definition) is 2. The molecule has 0 fully saturated rings. The molecule has 15 heavy (non-hydrogen) atoms. The minimum Gasteiger partial charge on any atom is -0.472 e. The molecule has 0 aliphatic heterocycles. The van der Waals surface area contributed by atoms with Crippen LogP contribution in [0.25, 0.3) is 0 Å². The van der Waals surface area contributed by atoms with Gasteiger partial charge in [0.1, 0.15) is 0 Å². The first-order valence-electron chi connectivity index (χ1n) is 4.54. The first-order chi connectivity index (χ1) is 6.94. The van der Waals surface area contributed by atoms with E-state index in [1.165, 1.54) is 0 Å². The molecule has 1 aromatic heterocycles. The fraction of sp³-hybridized carbons (Fsp3) is 0.400. The Bertz CT molecular complexity index is 358. The number of furan rings is 1. The van der Waals surface area contributed by atoms with Gasteiger partial charge < -0.3 is 15.5 Å². The molecular weight excluding hydrogens is 212 g/mol. The van der Waals surface area contributed by atoms with Crippen molar-refractivity contribution < 1.29 is 9.21 Å². The summed E-state index contributed by atoms with van der Waals surface area (Å²) in [5, 5.41) is 2.74. The third-order valence-corrected chi connectivity index (χ3v) is 2.73. The van der Waals surface area contributed by atoms with Crippen LogP contribution in [0.5, 0.6) is 0 Å². The average molecular weight is 226 g/mol. The summed E-state index contributed by atoms with van der Waals surface area (Å²) in [6, 6.07) is 1.79. The van der Waals surface area contributed by atoms with Crippen LogP contribution in [0.1, 0.15) is 19.4 Å². The number of carbonyl (C=O) groups excluding carboxylic acids is 1. The minimum atomic E-state index is -0.820. The van der Waals surface area contributed by atoms with E-state index in [9.17, 15) is 4.79 Å². The average Bonchev–Trinajstić information content (AvgIpc) is 2.66. The maximum absolute atomic E-state index is 11.7. The Morgan fingerprint density at radius 3 is 2.80 bits per heavy atom. The fourth-order valence-corrected chi connectivity index (χ4v) is 1.00. The third-order valence-electron chi connectivity index (χ3n) is 2.22. The molecule has 0 unspecified atom stereocenters. The molecule has 0 aliphatic rings. The molecule has 0 aromatic carbocycles. The van der Waals surface area contributed by atoms with Crippen LogP contribution in [0.15, 0.2) is 23.0 Å². The Labute approximate surface area is 93.8 Å². The number of nitrogens with one attached hydrogen (secondary N) is 1. The second kappa shape index (κ2) is 4.44. The Morgan fingerprint density at radius 1 is 1.67 bits per heavy atom. The highest BCUT2D eigenvalue weighted by atomic mass is 32.1. The van der Waals surface area contributed by atoms with Gasteiger partial charge in [-0.25, -0.2) is 0 Å². The van der Waals surface area contributed by atoms with Crippen molar-refractivity contribution in [2.45, 2.75) is 20.4 Å². The van der Waals surface area contributed by atoms with E-state index >= 15 is 0 Å². The molecule has 0 bridgehead atoms. The van der Waals surface area contributed by atoms with E-state index in [0.717, 1.165) is 5.56 Å². The SMILES string of the molecule is CC(C)(C(=O)NCc1ccoc1)C(N)=S. The van der Waals surface area contributed by atoms with E-state index < -0.39 is 5.41 Å². The Balaban J connectivity index is 2.53. The molecule has 5 heteroatoms. The van der Waals surface area contributed by atoms with Gasteiger partial charge >= 0.3 is 0 Å². The number of nitrogens with two attached hydrogens (primary N) is 1. The van der Waals surface area contributed by atoms with Gasteiger partial charge in [0.15, 0.2) is 0 Å². The number of hydrogen-bond acceptors (Lipinski definition) is 3. The maximum atomic E-state index is 11.7. The van der Waals surface area contributed by atoms with Crippen LogP contribution in [-0.4, -0.2) is 10.9 Å². The molecule has 1 rings (SSSR count). The molecule has 4 nitrogen and oxygen atoms in total. The van der Waals surface area contributed by atoms with Crippen molar-refractivity contribution in [3.63, 3.8) is 0 Å². The van der Waals surface area contributed by atoms with Gasteiger partial charge in [-0.1, -0.05) is 12.2 Å². The summed E-state index contributed by atoms with van der Waals surface area (Å²) in [4.78, 5) is 11.9. The number of amides is 1. The van der Waals surface area contributed by atoms with Gasteiger partial charge in [-0.3, -0.25) is 4.79 Å². The van der Waals surface area contributed by atoms with Gasteiger partial charge in [-0.2, -0.15) is 0 Å². The van der Waals surface area contributed by atoms with Crippen molar-refractivity contribution in [2.75, 3.05) is 0 Å². The standard InChI is InChI=1S/C10H14N2O2S/c1-10(2,8(11)15)9(13)12-5-7-3-4-14-6-7/h3-4,6H,5H2,1-2H3,(H2,11,15)(H,12,13). The van der Waals surface area contributed by atoms with Crippen molar-refractivity contribution >= 4 is 23.1 Å². The van der Waals surface area contributed by atoms with Gasteiger partial charge in [0.05, 0.1) is 22.9 Å². The Hall–Kier alpha value is -1.36. The Morgan fingerprint density at radius 2 is 2.33 bits per heavy atom. The summed E-state index contributed by atoms with van der Waals surface area (Å²) in [5.41, 5.74) is 5.56. The summed E-state index contributed by atoms with van der Waals surface area (Å²) < 4.78 is 4.88. The molecule has 1 amide bonds. The molecule has 1 heterocycles. The lowest BCUT2D eigenvalue weighted by Crippen LogP contribution is -2.44. The minimum absolute atomic E-state index is 0.184. The van der Waals surface area contributed by atoms with Crippen LogP contribution in [0, 0.1) is 5.41 Å². The monoisotopic (exact) mass is 226 g/mol. The van der Waals surface area contributed by atoms with Crippen LogP contribution in [0.3, 0.4) is 0 Å². The van der Waals surface area contributed by atoms with Gasteiger partial charge in [0, 0.05) is 12.1 Å². The summed E-state index contributed by atoms with van der Waals surface area (Å²) in [7, 11) is 0. The maximum Gasteiger partial charge on any atom is 0.232 e. The van der Waals surface area contributed by atoms with E-state index in [4.69, 9.17) is 22.4 Å². The quantitative estimate of drug-likeness (QED) is 0.757.